The largest absolute Gasteiger partial charge is 0.497 e. The zero-order chi connectivity index (χ0) is 19.9. The third-order valence-electron chi connectivity index (χ3n) is 4.54. The molecule has 5 nitrogen and oxygen atoms in total. The fraction of sp³-hybridized carbons (Fsp3) is 0.211. The van der Waals surface area contributed by atoms with Gasteiger partial charge in [0.2, 0.25) is 10.0 Å². The van der Waals surface area contributed by atoms with E-state index in [-0.39, 0.29) is 16.5 Å². The number of hydrogen-bond acceptors (Lipinski definition) is 5. The predicted octanol–water partition coefficient (Wildman–Crippen LogP) is 4.36. The highest BCUT2D eigenvalue weighted by Crippen LogP contribution is 2.35. The van der Waals surface area contributed by atoms with Gasteiger partial charge < -0.3 is 4.74 Å². The number of hydrogen-bond donors (Lipinski definition) is 0. The molecule has 0 aliphatic carbocycles. The Balaban J connectivity index is 1.63. The zero-order valence-corrected chi connectivity index (χ0v) is 17.2. The minimum Gasteiger partial charge on any atom is -0.497 e. The molecule has 3 aromatic rings. The van der Waals surface area contributed by atoms with Crippen molar-refractivity contribution < 1.29 is 17.5 Å². The van der Waals surface area contributed by atoms with Crippen LogP contribution in [-0.2, 0) is 23.0 Å². The normalized spacial score (nSPS) is 14.7. The van der Waals surface area contributed by atoms with Crippen molar-refractivity contribution in [1.29, 1.82) is 0 Å². The third-order valence-corrected chi connectivity index (χ3v) is 7.80. The molecular weight excluding hydrogens is 423 g/mol. The summed E-state index contributed by atoms with van der Waals surface area (Å²) in [5, 5.41) is 0.616. The first-order chi connectivity index (χ1) is 13.4. The van der Waals surface area contributed by atoms with Crippen LogP contribution >= 0.6 is 22.9 Å². The Morgan fingerprint density at radius 1 is 1.25 bits per heavy atom. The molecule has 0 N–H and O–H groups in total. The second-order valence-electron chi connectivity index (χ2n) is 6.29. The second-order valence-corrected chi connectivity index (χ2v) is 9.71. The summed E-state index contributed by atoms with van der Waals surface area (Å²) in [7, 11) is -2.16. The van der Waals surface area contributed by atoms with Crippen molar-refractivity contribution in [2.45, 2.75) is 17.9 Å². The summed E-state index contributed by atoms with van der Waals surface area (Å²) in [4.78, 5) is 5.57. The van der Waals surface area contributed by atoms with Crippen molar-refractivity contribution in [3.63, 3.8) is 0 Å². The van der Waals surface area contributed by atoms with E-state index in [1.807, 2.05) is 24.3 Å². The maximum absolute atomic E-state index is 13.4. The van der Waals surface area contributed by atoms with Crippen LogP contribution in [0.4, 0.5) is 4.39 Å². The molecule has 2 heterocycles. The third kappa shape index (κ3) is 3.53. The van der Waals surface area contributed by atoms with E-state index in [1.54, 1.807) is 7.11 Å². The minimum absolute atomic E-state index is 0.0140. The minimum atomic E-state index is -3.77. The summed E-state index contributed by atoms with van der Waals surface area (Å²) in [5.41, 5.74) is 1.84. The van der Waals surface area contributed by atoms with Crippen LogP contribution in [0.2, 0.25) is 5.02 Å². The number of thiazole rings is 1. The molecule has 28 heavy (non-hydrogen) atoms. The molecule has 0 saturated carbocycles. The number of methoxy groups -OCH3 is 1. The standard InChI is InChI=1S/C19H16ClFN2O3S2/c1-26-13-4-2-3-12(9-13)19-22-17-7-8-23(11-18(17)27-19)28(24,25)14-5-6-16(21)15(20)10-14/h2-6,9-10H,7-8,11H2,1H3. The Morgan fingerprint density at radius 3 is 2.82 bits per heavy atom. The van der Waals surface area contributed by atoms with Crippen molar-refractivity contribution in [3.8, 4) is 16.3 Å². The molecule has 0 radical (unpaired) electrons. The number of fused-ring (bicyclic) bond motifs is 1. The van der Waals surface area contributed by atoms with Crippen LogP contribution in [-0.4, -0.2) is 31.4 Å². The smallest absolute Gasteiger partial charge is 0.243 e. The Kier molecular flexibility index (Phi) is 5.13. The molecular formula is C19H16ClFN2O3S2. The van der Waals surface area contributed by atoms with Gasteiger partial charge in [0, 0.05) is 23.4 Å². The van der Waals surface area contributed by atoms with E-state index in [9.17, 15) is 12.8 Å². The summed E-state index contributed by atoms with van der Waals surface area (Å²) in [6.45, 7) is 0.542. The molecule has 0 spiro atoms. The van der Waals surface area contributed by atoms with E-state index in [4.69, 9.17) is 16.3 Å². The fourth-order valence-corrected chi connectivity index (χ4v) is 5.93. The summed E-state index contributed by atoms with van der Waals surface area (Å²) < 4.78 is 45.9. The van der Waals surface area contributed by atoms with Crippen LogP contribution in [0.15, 0.2) is 47.4 Å². The van der Waals surface area contributed by atoms with Gasteiger partial charge in [-0.1, -0.05) is 23.7 Å². The van der Waals surface area contributed by atoms with Crippen LogP contribution in [0.5, 0.6) is 5.75 Å². The number of nitrogens with zero attached hydrogens (tertiary/aromatic N) is 2. The quantitative estimate of drug-likeness (QED) is 0.607. The SMILES string of the molecule is COc1cccc(-c2nc3c(s2)CN(S(=O)(=O)c2ccc(F)c(Cl)c2)CC3)c1. The lowest BCUT2D eigenvalue weighted by molar-refractivity contribution is 0.393. The van der Waals surface area contributed by atoms with Gasteiger partial charge in [-0.25, -0.2) is 17.8 Å². The number of ether oxygens (including phenoxy) is 1. The van der Waals surface area contributed by atoms with Gasteiger partial charge in [-0.15, -0.1) is 11.3 Å². The highest BCUT2D eigenvalue weighted by Gasteiger charge is 2.31. The monoisotopic (exact) mass is 438 g/mol. The summed E-state index contributed by atoms with van der Waals surface area (Å²) >= 11 is 7.23. The van der Waals surface area contributed by atoms with Gasteiger partial charge in [-0.05, 0) is 30.3 Å². The fourth-order valence-electron chi connectivity index (χ4n) is 3.04. The van der Waals surface area contributed by atoms with Crippen LogP contribution in [0.3, 0.4) is 0 Å². The first-order valence-electron chi connectivity index (χ1n) is 8.46. The number of aromatic nitrogens is 1. The van der Waals surface area contributed by atoms with Gasteiger partial charge in [0.1, 0.15) is 16.6 Å². The molecule has 0 atom stereocenters. The Labute approximate surface area is 171 Å². The van der Waals surface area contributed by atoms with E-state index in [0.717, 1.165) is 39.0 Å². The van der Waals surface area contributed by atoms with Crippen molar-refractivity contribution in [2.75, 3.05) is 13.7 Å². The van der Waals surface area contributed by atoms with Crippen molar-refractivity contribution in [2.24, 2.45) is 0 Å². The molecule has 0 amide bonds. The average Bonchev–Trinajstić information content (AvgIpc) is 3.13. The summed E-state index contributed by atoms with van der Waals surface area (Å²) in [5.74, 6) is 0.0926. The second kappa shape index (κ2) is 7.44. The molecule has 0 saturated heterocycles. The van der Waals surface area contributed by atoms with E-state index in [0.29, 0.717) is 13.0 Å². The van der Waals surface area contributed by atoms with E-state index >= 15 is 0 Å². The first kappa shape index (κ1) is 19.3. The van der Waals surface area contributed by atoms with Crippen LogP contribution in [0, 0.1) is 5.82 Å². The van der Waals surface area contributed by atoms with Gasteiger partial charge in [-0.2, -0.15) is 4.31 Å². The number of rotatable bonds is 4. The maximum Gasteiger partial charge on any atom is 0.243 e. The Hall–Kier alpha value is -2.00. The maximum atomic E-state index is 13.4. The molecule has 146 valence electrons. The lowest BCUT2D eigenvalue weighted by Gasteiger charge is -2.25. The molecule has 4 rings (SSSR count). The van der Waals surface area contributed by atoms with Gasteiger partial charge in [0.05, 0.1) is 29.3 Å². The number of halogens is 2. The van der Waals surface area contributed by atoms with Crippen molar-refractivity contribution >= 4 is 33.0 Å². The molecule has 0 bridgehead atoms. The van der Waals surface area contributed by atoms with Crippen LogP contribution < -0.4 is 4.74 Å². The van der Waals surface area contributed by atoms with Crippen molar-refractivity contribution in [1.82, 2.24) is 9.29 Å². The molecule has 1 aromatic heterocycles. The molecule has 0 unspecified atom stereocenters. The summed E-state index contributed by atoms with van der Waals surface area (Å²) in [6, 6.07) is 11.1. The first-order valence-corrected chi connectivity index (χ1v) is 11.1. The topological polar surface area (TPSA) is 59.5 Å². The molecule has 9 heteroatoms. The summed E-state index contributed by atoms with van der Waals surface area (Å²) in [6.07, 6.45) is 0.518. The molecule has 1 aliphatic heterocycles. The van der Waals surface area contributed by atoms with Gasteiger partial charge in [-0.3, -0.25) is 0 Å². The van der Waals surface area contributed by atoms with E-state index < -0.39 is 15.8 Å². The zero-order valence-electron chi connectivity index (χ0n) is 14.9. The molecule has 1 aliphatic rings. The van der Waals surface area contributed by atoms with Crippen LogP contribution in [0.1, 0.15) is 10.6 Å². The lowest BCUT2D eigenvalue weighted by Crippen LogP contribution is -2.35. The van der Waals surface area contributed by atoms with Gasteiger partial charge >= 0.3 is 0 Å². The lowest BCUT2D eigenvalue weighted by atomic mass is 10.2. The van der Waals surface area contributed by atoms with Gasteiger partial charge in [0.25, 0.3) is 0 Å². The molecule has 0 fully saturated rings. The van der Waals surface area contributed by atoms with E-state index in [1.165, 1.54) is 21.7 Å². The van der Waals surface area contributed by atoms with Crippen LogP contribution in [0.25, 0.3) is 10.6 Å². The Morgan fingerprint density at radius 2 is 2.07 bits per heavy atom. The number of sulfonamides is 1. The Bertz CT molecular complexity index is 1150. The number of benzene rings is 2. The molecule has 2 aromatic carbocycles. The highest BCUT2D eigenvalue weighted by molar-refractivity contribution is 7.89. The average molecular weight is 439 g/mol. The predicted molar refractivity (Wildman–Crippen MR) is 107 cm³/mol. The highest BCUT2D eigenvalue weighted by atomic mass is 35.5. The van der Waals surface area contributed by atoms with Crippen molar-refractivity contribution in [3.05, 3.63) is 63.9 Å². The van der Waals surface area contributed by atoms with E-state index in [2.05, 4.69) is 4.98 Å². The van der Waals surface area contributed by atoms with Gasteiger partial charge in [0.15, 0.2) is 0 Å².